The Morgan fingerprint density at radius 2 is 2.00 bits per heavy atom. The Balaban J connectivity index is 2.43. The van der Waals surface area contributed by atoms with Gasteiger partial charge in [0.2, 0.25) is 0 Å². The zero-order chi connectivity index (χ0) is 16.7. The smallest absolute Gasteiger partial charge is 0.264 e. The lowest BCUT2D eigenvalue weighted by Crippen LogP contribution is -2.25. The maximum atomic E-state index is 12.9. The van der Waals surface area contributed by atoms with Crippen LogP contribution in [0.2, 0.25) is 0 Å². The molecule has 0 bridgehead atoms. The lowest BCUT2D eigenvalue weighted by atomic mass is 10.0. The fourth-order valence-corrected chi connectivity index (χ4v) is 3.48. The number of aromatic hydroxyl groups is 1. The van der Waals surface area contributed by atoms with Crippen LogP contribution < -0.4 is 5.56 Å². The monoisotopic (exact) mass is 336 g/mol. The number of nitrogens with zero attached hydrogens (tertiary/aromatic N) is 2. The Bertz CT molecular complexity index is 947. The van der Waals surface area contributed by atoms with E-state index in [0.717, 1.165) is 10.1 Å². The Hall–Kier alpha value is -2.28. The number of rotatable bonds is 3. The van der Waals surface area contributed by atoms with Gasteiger partial charge in [0.1, 0.15) is 10.4 Å². The summed E-state index contributed by atoms with van der Waals surface area (Å²) in [6.45, 7) is 2.75. The third-order valence-electron chi connectivity index (χ3n) is 3.62. The van der Waals surface area contributed by atoms with Crippen LogP contribution in [-0.2, 0) is 6.54 Å². The van der Waals surface area contributed by atoms with E-state index in [1.807, 2.05) is 6.07 Å². The van der Waals surface area contributed by atoms with Crippen LogP contribution in [-0.4, -0.2) is 21.1 Å². The fraction of sp³-hybridized carbons (Fsp3) is 0.250. The molecule has 0 atom stereocenters. The van der Waals surface area contributed by atoms with Crippen LogP contribution in [0, 0.1) is 13.8 Å². The molecule has 1 aromatic carbocycles. The van der Waals surface area contributed by atoms with E-state index in [1.54, 1.807) is 32.0 Å². The Morgan fingerprint density at radius 3 is 2.65 bits per heavy atom. The number of alkyl halides is 2. The van der Waals surface area contributed by atoms with Crippen molar-refractivity contribution in [2.24, 2.45) is 0 Å². The molecule has 0 radical (unpaired) electrons. The van der Waals surface area contributed by atoms with Crippen LogP contribution in [0.5, 0.6) is 5.75 Å². The zero-order valence-electron chi connectivity index (χ0n) is 12.5. The van der Waals surface area contributed by atoms with Crippen molar-refractivity contribution in [3.63, 3.8) is 0 Å². The summed E-state index contributed by atoms with van der Waals surface area (Å²) in [5, 5.41) is 11.1. The predicted octanol–water partition coefficient (Wildman–Crippen LogP) is 3.71. The van der Waals surface area contributed by atoms with Crippen molar-refractivity contribution < 1.29 is 13.9 Å². The molecule has 23 heavy (non-hydrogen) atoms. The molecule has 0 aliphatic rings. The van der Waals surface area contributed by atoms with Crippen molar-refractivity contribution in [3.8, 4) is 16.9 Å². The summed E-state index contributed by atoms with van der Waals surface area (Å²) in [5.74, 6) is -0.199. The molecule has 0 fully saturated rings. The number of hydrogen-bond donors (Lipinski definition) is 1. The molecule has 4 nitrogen and oxygen atoms in total. The standard InChI is InChI=1S/C16H14F2N2O2S/c1-8-5-3-4-6-10(8)12-13(21)14-15(19-9(2)23-14)20(16(12)22)7-11(17)18/h3-6,11,21H,7H2,1-2H3. The predicted molar refractivity (Wildman–Crippen MR) is 86.5 cm³/mol. The Kier molecular flexibility index (Phi) is 3.89. The molecule has 3 aromatic rings. The van der Waals surface area contributed by atoms with Gasteiger partial charge in [0.15, 0.2) is 5.65 Å². The van der Waals surface area contributed by atoms with Crippen molar-refractivity contribution in [2.45, 2.75) is 26.8 Å². The molecule has 3 rings (SSSR count). The molecule has 0 saturated carbocycles. The summed E-state index contributed by atoms with van der Waals surface area (Å²) in [5.41, 5.74) is 0.803. The number of benzene rings is 1. The molecule has 2 aromatic heterocycles. The van der Waals surface area contributed by atoms with Crippen molar-refractivity contribution in [1.82, 2.24) is 9.55 Å². The van der Waals surface area contributed by atoms with Crippen LogP contribution in [0.15, 0.2) is 29.1 Å². The van der Waals surface area contributed by atoms with E-state index >= 15 is 0 Å². The third kappa shape index (κ3) is 2.61. The number of hydrogen-bond acceptors (Lipinski definition) is 4. The molecule has 0 spiro atoms. The lowest BCUT2D eigenvalue weighted by Gasteiger charge is -2.13. The first kappa shape index (κ1) is 15.6. The van der Waals surface area contributed by atoms with Crippen LogP contribution >= 0.6 is 11.3 Å². The molecule has 0 aliphatic carbocycles. The van der Waals surface area contributed by atoms with Crippen molar-refractivity contribution in [1.29, 1.82) is 0 Å². The molecule has 0 amide bonds. The van der Waals surface area contributed by atoms with Crippen LogP contribution in [0.25, 0.3) is 21.5 Å². The summed E-state index contributed by atoms with van der Waals surface area (Å²) in [7, 11) is 0. The number of halogens is 2. The molecule has 0 saturated heterocycles. The minimum atomic E-state index is -2.69. The average Bonchev–Trinajstić information content (AvgIpc) is 2.87. The highest BCUT2D eigenvalue weighted by Crippen LogP contribution is 2.37. The summed E-state index contributed by atoms with van der Waals surface area (Å²) in [4.78, 5) is 16.9. The van der Waals surface area contributed by atoms with Gasteiger partial charge in [-0.1, -0.05) is 24.3 Å². The lowest BCUT2D eigenvalue weighted by molar-refractivity contribution is 0.126. The van der Waals surface area contributed by atoms with E-state index in [2.05, 4.69) is 4.98 Å². The van der Waals surface area contributed by atoms with Gasteiger partial charge in [0.05, 0.1) is 17.1 Å². The number of aryl methyl sites for hydroxylation is 2. The fourth-order valence-electron chi connectivity index (χ4n) is 2.60. The molecule has 7 heteroatoms. The van der Waals surface area contributed by atoms with Gasteiger partial charge in [0, 0.05) is 0 Å². The van der Waals surface area contributed by atoms with Gasteiger partial charge in [-0.3, -0.25) is 9.36 Å². The van der Waals surface area contributed by atoms with Gasteiger partial charge in [-0.2, -0.15) is 0 Å². The van der Waals surface area contributed by atoms with Crippen LogP contribution in [0.1, 0.15) is 10.6 Å². The minimum Gasteiger partial charge on any atom is -0.505 e. The second-order valence-electron chi connectivity index (χ2n) is 5.23. The largest absolute Gasteiger partial charge is 0.505 e. The summed E-state index contributed by atoms with van der Waals surface area (Å²) >= 11 is 1.18. The molecule has 0 unspecified atom stereocenters. The van der Waals surface area contributed by atoms with Crippen LogP contribution in [0.3, 0.4) is 0 Å². The van der Waals surface area contributed by atoms with Gasteiger partial charge in [-0.25, -0.2) is 13.8 Å². The molecule has 120 valence electrons. The van der Waals surface area contributed by atoms with Gasteiger partial charge in [0.25, 0.3) is 12.0 Å². The Morgan fingerprint density at radius 1 is 1.30 bits per heavy atom. The molecule has 1 N–H and O–H groups in total. The van der Waals surface area contributed by atoms with Crippen LogP contribution in [0.4, 0.5) is 8.78 Å². The maximum Gasteiger partial charge on any atom is 0.264 e. The summed E-state index contributed by atoms with van der Waals surface area (Å²) in [6.07, 6.45) is -2.69. The SMILES string of the molecule is Cc1nc2c(s1)c(O)c(-c1ccccc1C)c(=O)n2CC(F)F. The summed E-state index contributed by atoms with van der Waals surface area (Å²) < 4.78 is 27.1. The van der Waals surface area contributed by atoms with Gasteiger partial charge >= 0.3 is 0 Å². The maximum absolute atomic E-state index is 12.9. The van der Waals surface area contributed by atoms with Gasteiger partial charge < -0.3 is 5.11 Å². The van der Waals surface area contributed by atoms with Crippen molar-refractivity contribution in [2.75, 3.05) is 0 Å². The minimum absolute atomic E-state index is 0.0416. The van der Waals surface area contributed by atoms with E-state index in [4.69, 9.17) is 0 Å². The van der Waals surface area contributed by atoms with Gasteiger partial charge in [-0.15, -0.1) is 11.3 Å². The summed E-state index contributed by atoms with van der Waals surface area (Å²) in [6, 6.07) is 7.04. The number of fused-ring (bicyclic) bond motifs is 1. The second-order valence-corrected chi connectivity index (χ2v) is 6.43. The molecular weight excluding hydrogens is 322 g/mol. The molecule has 2 heterocycles. The highest BCUT2D eigenvalue weighted by Gasteiger charge is 2.23. The van der Waals surface area contributed by atoms with Crippen molar-refractivity contribution >= 4 is 21.7 Å². The first-order chi connectivity index (χ1) is 10.9. The normalized spacial score (nSPS) is 11.5. The topological polar surface area (TPSA) is 55.1 Å². The Labute approximate surface area is 134 Å². The highest BCUT2D eigenvalue weighted by molar-refractivity contribution is 7.18. The van der Waals surface area contributed by atoms with E-state index < -0.39 is 18.5 Å². The van der Waals surface area contributed by atoms with E-state index in [9.17, 15) is 18.7 Å². The van der Waals surface area contributed by atoms with E-state index in [1.165, 1.54) is 11.3 Å². The highest BCUT2D eigenvalue weighted by atomic mass is 32.1. The second kappa shape index (κ2) is 5.73. The third-order valence-corrected chi connectivity index (χ3v) is 4.58. The van der Waals surface area contributed by atoms with Gasteiger partial charge in [-0.05, 0) is 25.0 Å². The number of aromatic nitrogens is 2. The average molecular weight is 336 g/mol. The first-order valence-corrected chi connectivity index (χ1v) is 7.79. The van der Waals surface area contributed by atoms with Crippen molar-refractivity contribution in [3.05, 3.63) is 45.2 Å². The molecular formula is C16H14F2N2O2S. The first-order valence-electron chi connectivity index (χ1n) is 6.97. The van der Waals surface area contributed by atoms with E-state index in [0.29, 0.717) is 15.3 Å². The molecule has 0 aliphatic heterocycles. The number of thiazole rings is 1. The van der Waals surface area contributed by atoms with E-state index in [-0.39, 0.29) is 17.0 Å². The quantitative estimate of drug-likeness (QED) is 0.793. The zero-order valence-corrected chi connectivity index (χ0v) is 13.3. The number of pyridine rings is 1.